The molecule has 0 atom stereocenters. The van der Waals surface area contributed by atoms with Crippen LogP contribution in [0.25, 0.3) is 0 Å². The number of nitrogens with one attached hydrogen (secondary N) is 2. The number of aromatic nitrogens is 1. The number of sulfonamides is 1. The van der Waals surface area contributed by atoms with Gasteiger partial charge in [0, 0.05) is 25.4 Å². The van der Waals surface area contributed by atoms with E-state index >= 15 is 0 Å². The van der Waals surface area contributed by atoms with Gasteiger partial charge in [0.1, 0.15) is 0 Å². The third kappa shape index (κ3) is 3.46. The summed E-state index contributed by atoms with van der Waals surface area (Å²) in [6.45, 7) is 0.0894. The van der Waals surface area contributed by atoms with Crippen molar-refractivity contribution in [2.24, 2.45) is 0 Å². The lowest BCUT2D eigenvalue weighted by molar-refractivity contribution is 0.289. The summed E-state index contributed by atoms with van der Waals surface area (Å²) in [6, 6.07) is 2.36. The third-order valence-electron chi connectivity index (χ3n) is 1.69. The number of aliphatic hydroxyl groups is 1. The molecule has 0 saturated heterocycles. The van der Waals surface area contributed by atoms with E-state index in [0.29, 0.717) is 6.42 Å². The van der Waals surface area contributed by atoms with Crippen LogP contribution in [0.2, 0.25) is 0 Å². The smallest absolute Gasteiger partial charge is 0.247 e. The van der Waals surface area contributed by atoms with Crippen molar-refractivity contribution < 1.29 is 13.5 Å². The Balaban J connectivity index is 2.77. The number of hydrogen-bond acceptors (Lipinski definition) is 4. The Morgan fingerprint density at radius 3 is 2.67 bits per heavy atom. The molecular formula is C8H12N2O4S. The van der Waals surface area contributed by atoms with Crippen molar-refractivity contribution in [3.8, 4) is 0 Å². The summed E-state index contributed by atoms with van der Waals surface area (Å²) < 4.78 is 25.3. The molecule has 6 nitrogen and oxygen atoms in total. The summed E-state index contributed by atoms with van der Waals surface area (Å²) >= 11 is 0. The highest BCUT2D eigenvalue weighted by molar-refractivity contribution is 7.89. The van der Waals surface area contributed by atoms with E-state index in [-0.39, 0.29) is 23.6 Å². The van der Waals surface area contributed by atoms with Gasteiger partial charge in [0.2, 0.25) is 15.6 Å². The maximum atomic E-state index is 11.5. The largest absolute Gasteiger partial charge is 0.396 e. The van der Waals surface area contributed by atoms with E-state index in [9.17, 15) is 13.2 Å². The van der Waals surface area contributed by atoms with Crippen LogP contribution in [0.1, 0.15) is 6.42 Å². The molecule has 0 aromatic carbocycles. The van der Waals surface area contributed by atoms with E-state index in [1.165, 1.54) is 6.07 Å². The molecule has 1 heterocycles. The molecule has 84 valence electrons. The highest BCUT2D eigenvalue weighted by Crippen LogP contribution is 2.03. The number of pyridine rings is 1. The van der Waals surface area contributed by atoms with Crippen molar-refractivity contribution >= 4 is 10.0 Å². The summed E-state index contributed by atoms with van der Waals surface area (Å²) in [7, 11) is -3.58. The Morgan fingerprint density at radius 1 is 1.40 bits per heavy atom. The number of H-pyrrole nitrogens is 1. The minimum absolute atomic E-state index is 0.0000368. The van der Waals surface area contributed by atoms with E-state index in [0.717, 1.165) is 12.3 Å². The molecule has 0 spiro atoms. The molecule has 0 aliphatic rings. The average molecular weight is 232 g/mol. The SMILES string of the molecule is O=c1ccc(S(=O)(=O)NCCCO)c[nH]1. The summed E-state index contributed by atoms with van der Waals surface area (Å²) in [4.78, 5) is 13.0. The van der Waals surface area contributed by atoms with Crippen molar-refractivity contribution in [2.45, 2.75) is 11.3 Å². The molecule has 0 unspecified atom stereocenters. The zero-order chi connectivity index (χ0) is 11.3. The quantitative estimate of drug-likeness (QED) is 0.569. The maximum Gasteiger partial charge on any atom is 0.247 e. The standard InChI is InChI=1S/C8H12N2O4S/c11-5-1-4-10-15(13,14)7-2-3-8(12)9-6-7/h2-3,6,10-11H,1,4-5H2,(H,9,12). The molecule has 0 radical (unpaired) electrons. The van der Waals surface area contributed by atoms with Crippen LogP contribution >= 0.6 is 0 Å². The van der Waals surface area contributed by atoms with Gasteiger partial charge in [-0.25, -0.2) is 13.1 Å². The molecule has 0 amide bonds. The first-order valence-electron chi connectivity index (χ1n) is 4.35. The number of aliphatic hydroxyl groups excluding tert-OH is 1. The van der Waals surface area contributed by atoms with Crippen LogP contribution in [0.15, 0.2) is 28.0 Å². The Bertz CT molecular complexity index is 445. The van der Waals surface area contributed by atoms with E-state index in [4.69, 9.17) is 5.11 Å². The number of aromatic amines is 1. The first-order chi connectivity index (χ1) is 7.06. The molecule has 0 aliphatic carbocycles. The highest BCUT2D eigenvalue weighted by atomic mass is 32.2. The Morgan fingerprint density at radius 2 is 2.13 bits per heavy atom. The van der Waals surface area contributed by atoms with Gasteiger partial charge in [-0.05, 0) is 12.5 Å². The van der Waals surface area contributed by atoms with Crippen molar-refractivity contribution in [1.82, 2.24) is 9.71 Å². The number of hydrogen-bond donors (Lipinski definition) is 3. The van der Waals surface area contributed by atoms with Crippen LogP contribution in [0, 0.1) is 0 Å². The van der Waals surface area contributed by atoms with Crippen LogP contribution in [0.3, 0.4) is 0 Å². The molecule has 1 rings (SSSR count). The molecule has 0 aliphatic heterocycles. The summed E-state index contributed by atoms with van der Waals surface area (Å²) in [5.74, 6) is 0. The van der Waals surface area contributed by atoms with Crippen LogP contribution in [0.4, 0.5) is 0 Å². The normalized spacial score (nSPS) is 11.5. The minimum Gasteiger partial charge on any atom is -0.396 e. The minimum atomic E-state index is -3.58. The van der Waals surface area contributed by atoms with Crippen LogP contribution in [-0.4, -0.2) is 31.7 Å². The molecule has 0 saturated carbocycles. The van der Waals surface area contributed by atoms with Crippen LogP contribution < -0.4 is 10.3 Å². The third-order valence-corrected chi connectivity index (χ3v) is 3.15. The molecule has 3 N–H and O–H groups in total. The van der Waals surface area contributed by atoms with Gasteiger partial charge in [-0.3, -0.25) is 4.79 Å². The van der Waals surface area contributed by atoms with Gasteiger partial charge < -0.3 is 10.1 Å². The monoisotopic (exact) mass is 232 g/mol. The highest BCUT2D eigenvalue weighted by Gasteiger charge is 2.12. The van der Waals surface area contributed by atoms with Gasteiger partial charge in [-0.2, -0.15) is 0 Å². The molecule has 1 aromatic heterocycles. The molecule has 1 aromatic rings. The average Bonchev–Trinajstić information content (AvgIpc) is 2.18. The Hall–Kier alpha value is -1.18. The van der Waals surface area contributed by atoms with Gasteiger partial charge in [0.25, 0.3) is 0 Å². The van der Waals surface area contributed by atoms with Crippen molar-refractivity contribution in [1.29, 1.82) is 0 Å². The van der Waals surface area contributed by atoms with E-state index < -0.39 is 10.0 Å². The lowest BCUT2D eigenvalue weighted by atomic mass is 10.5. The number of rotatable bonds is 5. The second-order valence-electron chi connectivity index (χ2n) is 2.86. The molecule has 0 bridgehead atoms. The molecular weight excluding hydrogens is 220 g/mol. The molecule has 0 fully saturated rings. The lowest BCUT2D eigenvalue weighted by Crippen LogP contribution is -2.26. The molecule has 15 heavy (non-hydrogen) atoms. The lowest BCUT2D eigenvalue weighted by Gasteiger charge is -2.04. The van der Waals surface area contributed by atoms with Gasteiger partial charge in [-0.1, -0.05) is 0 Å². The van der Waals surface area contributed by atoms with Crippen LogP contribution in [0.5, 0.6) is 0 Å². The summed E-state index contributed by atoms with van der Waals surface area (Å²) in [6.07, 6.45) is 1.48. The molecule has 7 heteroatoms. The fourth-order valence-electron chi connectivity index (χ4n) is 0.932. The summed E-state index contributed by atoms with van der Waals surface area (Å²) in [5.41, 5.74) is -0.357. The van der Waals surface area contributed by atoms with Gasteiger partial charge in [0.15, 0.2) is 0 Å². The first kappa shape index (κ1) is 11.9. The van der Waals surface area contributed by atoms with Crippen molar-refractivity contribution in [3.63, 3.8) is 0 Å². The van der Waals surface area contributed by atoms with Crippen molar-refractivity contribution in [3.05, 3.63) is 28.7 Å². The second kappa shape index (κ2) is 5.06. The second-order valence-corrected chi connectivity index (χ2v) is 4.63. The Labute approximate surface area is 87.0 Å². The fraction of sp³-hybridized carbons (Fsp3) is 0.375. The fourth-order valence-corrected chi connectivity index (χ4v) is 1.97. The van der Waals surface area contributed by atoms with E-state index in [1.807, 2.05) is 0 Å². The van der Waals surface area contributed by atoms with Gasteiger partial charge in [0.05, 0.1) is 4.90 Å². The van der Waals surface area contributed by atoms with Crippen molar-refractivity contribution in [2.75, 3.05) is 13.2 Å². The zero-order valence-corrected chi connectivity index (χ0v) is 8.75. The van der Waals surface area contributed by atoms with Gasteiger partial charge >= 0.3 is 0 Å². The van der Waals surface area contributed by atoms with Gasteiger partial charge in [-0.15, -0.1) is 0 Å². The zero-order valence-electron chi connectivity index (χ0n) is 7.93. The first-order valence-corrected chi connectivity index (χ1v) is 5.84. The van der Waals surface area contributed by atoms with E-state index in [2.05, 4.69) is 9.71 Å². The Kier molecular flexibility index (Phi) is 4.01. The summed E-state index contributed by atoms with van der Waals surface area (Å²) in [5, 5.41) is 8.49. The predicted octanol–water partition coefficient (Wildman–Crippen LogP) is -0.964. The topological polar surface area (TPSA) is 99.3 Å². The maximum absolute atomic E-state index is 11.5. The van der Waals surface area contributed by atoms with E-state index in [1.54, 1.807) is 0 Å². The van der Waals surface area contributed by atoms with Crippen LogP contribution in [-0.2, 0) is 10.0 Å². The predicted molar refractivity (Wildman–Crippen MR) is 54.0 cm³/mol.